The maximum absolute atomic E-state index is 12.1. The van der Waals surface area contributed by atoms with E-state index in [1.807, 2.05) is 25.1 Å². The van der Waals surface area contributed by atoms with Gasteiger partial charge in [0.1, 0.15) is 11.3 Å². The Morgan fingerprint density at radius 2 is 1.88 bits per heavy atom. The lowest BCUT2D eigenvalue weighted by molar-refractivity contribution is -0.151. The maximum Gasteiger partial charge on any atom is 0.347 e. The summed E-state index contributed by atoms with van der Waals surface area (Å²) >= 11 is 0. The average Bonchev–Trinajstić information content (AvgIpc) is 2.59. The van der Waals surface area contributed by atoms with Gasteiger partial charge in [-0.3, -0.25) is 0 Å². The third-order valence-electron chi connectivity index (χ3n) is 3.69. The van der Waals surface area contributed by atoms with Crippen LogP contribution in [-0.4, -0.2) is 18.7 Å². The van der Waals surface area contributed by atoms with Gasteiger partial charge in [0, 0.05) is 11.5 Å². The van der Waals surface area contributed by atoms with Gasteiger partial charge >= 0.3 is 11.6 Å². The summed E-state index contributed by atoms with van der Waals surface area (Å²) < 4.78 is 16.0. The standard InChI is InChI=1S/C19H18O5/c1-3-10-22-18(20)12(2)23-13-8-9-15-14-6-4-5-7-16(14)19(21)24-17(15)11-13/h4-9,11-12H,3,10H2,1-2H3. The lowest BCUT2D eigenvalue weighted by Gasteiger charge is -2.14. The number of ether oxygens (including phenoxy) is 2. The van der Waals surface area contributed by atoms with E-state index < -0.39 is 17.7 Å². The zero-order valence-corrected chi connectivity index (χ0v) is 13.6. The monoisotopic (exact) mass is 326 g/mol. The Bertz CT molecular complexity index is 941. The molecular formula is C19H18O5. The van der Waals surface area contributed by atoms with Gasteiger partial charge in [-0.2, -0.15) is 0 Å². The maximum atomic E-state index is 12.1. The molecule has 2 aromatic carbocycles. The van der Waals surface area contributed by atoms with Gasteiger partial charge in [0.25, 0.3) is 0 Å². The van der Waals surface area contributed by atoms with Crippen LogP contribution in [0.1, 0.15) is 20.3 Å². The second-order valence-electron chi connectivity index (χ2n) is 5.52. The predicted molar refractivity (Wildman–Crippen MR) is 91.3 cm³/mol. The van der Waals surface area contributed by atoms with Gasteiger partial charge in [-0.05, 0) is 36.9 Å². The van der Waals surface area contributed by atoms with Crippen molar-refractivity contribution in [1.82, 2.24) is 0 Å². The summed E-state index contributed by atoms with van der Waals surface area (Å²) in [6.45, 7) is 3.92. The molecule has 3 rings (SSSR count). The number of carbonyl (C=O) groups is 1. The molecule has 0 spiro atoms. The number of carbonyl (C=O) groups excluding carboxylic acids is 1. The number of esters is 1. The van der Waals surface area contributed by atoms with Crippen LogP contribution in [0.5, 0.6) is 5.75 Å². The molecule has 5 heteroatoms. The van der Waals surface area contributed by atoms with Crippen LogP contribution in [0, 0.1) is 0 Å². The molecule has 0 bridgehead atoms. The van der Waals surface area contributed by atoms with Crippen molar-refractivity contribution in [3.05, 3.63) is 52.9 Å². The summed E-state index contributed by atoms with van der Waals surface area (Å²) in [5.74, 6) is 0.0267. The summed E-state index contributed by atoms with van der Waals surface area (Å²) in [4.78, 5) is 23.8. The molecule has 0 saturated carbocycles. The van der Waals surface area contributed by atoms with Crippen molar-refractivity contribution in [2.45, 2.75) is 26.4 Å². The summed E-state index contributed by atoms with van der Waals surface area (Å²) in [6.07, 6.45) is 0.0216. The van der Waals surface area contributed by atoms with E-state index in [-0.39, 0.29) is 0 Å². The highest BCUT2D eigenvalue weighted by molar-refractivity contribution is 6.04. The molecule has 1 atom stereocenters. The lowest BCUT2D eigenvalue weighted by atomic mass is 10.1. The largest absolute Gasteiger partial charge is 0.479 e. The molecule has 0 radical (unpaired) electrons. The van der Waals surface area contributed by atoms with Crippen molar-refractivity contribution in [3.8, 4) is 5.75 Å². The van der Waals surface area contributed by atoms with Gasteiger partial charge in [0.05, 0.1) is 12.0 Å². The van der Waals surface area contributed by atoms with Crippen LogP contribution >= 0.6 is 0 Å². The Labute approximate surface area is 138 Å². The highest BCUT2D eigenvalue weighted by atomic mass is 16.6. The molecule has 3 aromatic rings. The Morgan fingerprint density at radius 1 is 1.12 bits per heavy atom. The van der Waals surface area contributed by atoms with E-state index in [1.165, 1.54) is 0 Å². The topological polar surface area (TPSA) is 65.7 Å². The Hall–Kier alpha value is -2.82. The van der Waals surface area contributed by atoms with Crippen LogP contribution in [-0.2, 0) is 9.53 Å². The molecule has 5 nitrogen and oxygen atoms in total. The number of benzene rings is 2. The fourth-order valence-electron chi connectivity index (χ4n) is 2.51. The summed E-state index contributed by atoms with van der Waals surface area (Å²) in [5.41, 5.74) is 0.0241. The molecule has 0 saturated heterocycles. The van der Waals surface area contributed by atoms with Gasteiger partial charge in [0.2, 0.25) is 0 Å². The van der Waals surface area contributed by atoms with Crippen molar-refractivity contribution in [2.75, 3.05) is 6.61 Å². The summed E-state index contributed by atoms with van der Waals surface area (Å²) in [6, 6.07) is 12.5. The molecule has 1 unspecified atom stereocenters. The Morgan fingerprint density at radius 3 is 2.62 bits per heavy atom. The van der Waals surface area contributed by atoms with Gasteiger partial charge < -0.3 is 13.9 Å². The van der Waals surface area contributed by atoms with Gasteiger partial charge in [-0.15, -0.1) is 0 Å². The highest BCUT2D eigenvalue weighted by Crippen LogP contribution is 2.26. The van der Waals surface area contributed by atoms with Crippen molar-refractivity contribution < 1.29 is 18.7 Å². The minimum absolute atomic E-state index is 0.366. The smallest absolute Gasteiger partial charge is 0.347 e. The fraction of sp³-hybridized carbons (Fsp3) is 0.263. The molecule has 0 amide bonds. The van der Waals surface area contributed by atoms with Crippen molar-refractivity contribution >= 4 is 27.7 Å². The van der Waals surface area contributed by atoms with Crippen molar-refractivity contribution in [2.24, 2.45) is 0 Å². The summed E-state index contributed by atoms with van der Waals surface area (Å²) in [5, 5.41) is 2.18. The SMILES string of the molecule is CCCOC(=O)C(C)Oc1ccc2c(c1)oc(=O)c1ccccc12. The Kier molecular flexibility index (Phi) is 4.51. The van der Waals surface area contributed by atoms with Crippen molar-refractivity contribution in [3.63, 3.8) is 0 Å². The van der Waals surface area contributed by atoms with Crippen LogP contribution in [0.3, 0.4) is 0 Å². The minimum atomic E-state index is -0.735. The number of hydrogen-bond donors (Lipinski definition) is 0. The van der Waals surface area contributed by atoms with Crippen LogP contribution in [0.4, 0.5) is 0 Å². The molecule has 0 N–H and O–H groups in total. The van der Waals surface area contributed by atoms with Gasteiger partial charge in [-0.1, -0.05) is 25.1 Å². The molecule has 1 aromatic heterocycles. The first kappa shape index (κ1) is 16.1. The molecule has 1 heterocycles. The molecule has 24 heavy (non-hydrogen) atoms. The van der Waals surface area contributed by atoms with Gasteiger partial charge in [0.15, 0.2) is 6.10 Å². The third kappa shape index (κ3) is 3.11. The highest BCUT2D eigenvalue weighted by Gasteiger charge is 2.17. The zero-order valence-electron chi connectivity index (χ0n) is 13.6. The first-order valence-electron chi connectivity index (χ1n) is 7.89. The van der Waals surface area contributed by atoms with E-state index in [1.54, 1.807) is 31.2 Å². The van der Waals surface area contributed by atoms with E-state index in [0.29, 0.717) is 23.3 Å². The first-order chi connectivity index (χ1) is 11.6. The van der Waals surface area contributed by atoms with Gasteiger partial charge in [-0.25, -0.2) is 9.59 Å². The molecule has 0 fully saturated rings. The Balaban J connectivity index is 1.93. The zero-order chi connectivity index (χ0) is 17.1. The molecule has 0 aliphatic heterocycles. The molecule has 0 aliphatic rings. The molecular weight excluding hydrogens is 308 g/mol. The molecule has 124 valence electrons. The predicted octanol–water partition coefficient (Wildman–Crippen LogP) is 3.67. The van der Waals surface area contributed by atoms with Crippen LogP contribution in [0.15, 0.2) is 51.7 Å². The van der Waals surface area contributed by atoms with Crippen LogP contribution < -0.4 is 10.4 Å². The van der Waals surface area contributed by atoms with E-state index >= 15 is 0 Å². The normalized spacial score (nSPS) is 12.2. The second kappa shape index (κ2) is 6.74. The average molecular weight is 326 g/mol. The summed E-state index contributed by atoms with van der Waals surface area (Å²) in [7, 11) is 0. The lowest BCUT2D eigenvalue weighted by Crippen LogP contribution is -2.26. The van der Waals surface area contributed by atoms with Crippen LogP contribution in [0.2, 0.25) is 0 Å². The number of fused-ring (bicyclic) bond motifs is 3. The quantitative estimate of drug-likeness (QED) is 0.407. The fourth-order valence-corrected chi connectivity index (χ4v) is 2.51. The minimum Gasteiger partial charge on any atom is -0.479 e. The third-order valence-corrected chi connectivity index (χ3v) is 3.69. The van der Waals surface area contributed by atoms with Crippen LogP contribution in [0.25, 0.3) is 21.7 Å². The number of rotatable bonds is 5. The molecule has 0 aliphatic carbocycles. The first-order valence-corrected chi connectivity index (χ1v) is 7.89. The second-order valence-corrected chi connectivity index (χ2v) is 5.52. The van der Waals surface area contributed by atoms with E-state index in [9.17, 15) is 9.59 Å². The van der Waals surface area contributed by atoms with E-state index in [4.69, 9.17) is 13.9 Å². The number of hydrogen-bond acceptors (Lipinski definition) is 5. The van der Waals surface area contributed by atoms with E-state index in [0.717, 1.165) is 17.2 Å². The van der Waals surface area contributed by atoms with Crippen molar-refractivity contribution in [1.29, 1.82) is 0 Å². The van der Waals surface area contributed by atoms with E-state index in [2.05, 4.69) is 0 Å².